The number of nitrogens with zero attached hydrogens (tertiary/aromatic N) is 4. The molecule has 1 spiro atoms. The smallest absolute Gasteiger partial charge is 0.409 e. The average molecular weight is 450 g/mol. The molecule has 2 heterocycles. The third-order valence-electron chi connectivity index (χ3n) is 6.26. The van der Waals surface area contributed by atoms with Crippen LogP contribution in [0.2, 0.25) is 0 Å². The van der Waals surface area contributed by atoms with E-state index in [9.17, 15) is 18.8 Å². The van der Waals surface area contributed by atoms with E-state index >= 15 is 0 Å². The van der Waals surface area contributed by atoms with Crippen LogP contribution in [0.3, 0.4) is 0 Å². The number of halogens is 1. The maximum absolute atomic E-state index is 14.8. The van der Waals surface area contributed by atoms with Crippen molar-refractivity contribution in [1.29, 1.82) is 5.26 Å². The Bertz CT molecular complexity index is 1160. The van der Waals surface area contributed by atoms with Gasteiger partial charge in [0.05, 0.1) is 31.0 Å². The highest BCUT2D eigenvalue weighted by molar-refractivity contribution is 6.09. The van der Waals surface area contributed by atoms with Gasteiger partial charge >= 0.3 is 6.09 Å². The molecule has 170 valence electrons. The molecule has 1 atom stereocenters. The van der Waals surface area contributed by atoms with E-state index in [4.69, 9.17) is 10.00 Å². The first-order chi connectivity index (χ1) is 15.8. The topological polar surface area (TPSA) is 94.0 Å². The van der Waals surface area contributed by atoms with Gasteiger partial charge in [-0.3, -0.25) is 14.5 Å². The van der Waals surface area contributed by atoms with E-state index in [0.29, 0.717) is 0 Å². The summed E-state index contributed by atoms with van der Waals surface area (Å²) < 4.78 is 19.6. The summed E-state index contributed by atoms with van der Waals surface area (Å²) in [5.74, 6) is -1.59. The van der Waals surface area contributed by atoms with Crippen molar-refractivity contribution in [2.45, 2.75) is 25.4 Å². The molecule has 2 aromatic carbocycles. The maximum Gasteiger partial charge on any atom is 0.409 e. The lowest BCUT2D eigenvalue weighted by Crippen LogP contribution is -2.69. The number of ether oxygens (including phenoxy) is 1. The minimum Gasteiger partial charge on any atom is -0.453 e. The van der Waals surface area contributed by atoms with Gasteiger partial charge in [-0.05, 0) is 37.1 Å². The van der Waals surface area contributed by atoms with E-state index in [1.54, 1.807) is 0 Å². The third-order valence-corrected chi connectivity index (χ3v) is 6.26. The molecule has 3 amide bonds. The molecule has 0 radical (unpaired) electrons. The second-order valence-electron chi connectivity index (χ2n) is 8.31. The maximum atomic E-state index is 14.8. The first-order valence-electron chi connectivity index (χ1n) is 10.5. The normalized spacial score (nSPS) is 20.4. The molecule has 2 aliphatic heterocycles. The first-order valence-corrected chi connectivity index (χ1v) is 10.5. The summed E-state index contributed by atoms with van der Waals surface area (Å²) >= 11 is 0. The number of piperazine rings is 1. The predicted octanol–water partition coefficient (Wildman–Crippen LogP) is 2.59. The minimum atomic E-state index is -1.35. The van der Waals surface area contributed by atoms with E-state index in [1.165, 1.54) is 29.0 Å². The number of amides is 3. The van der Waals surface area contributed by atoms with Crippen LogP contribution in [0.15, 0.2) is 42.5 Å². The van der Waals surface area contributed by atoms with Crippen molar-refractivity contribution in [3.05, 3.63) is 65.0 Å². The van der Waals surface area contributed by atoms with Gasteiger partial charge in [0.1, 0.15) is 17.9 Å². The van der Waals surface area contributed by atoms with Crippen LogP contribution >= 0.6 is 0 Å². The van der Waals surface area contributed by atoms with E-state index < -0.39 is 23.4 Å². The van der Waals surface area contributed by atoms with Crippen LogP contribution in [0.5, 0.6) is 0 Å². The highest BCUT2D eigenvalue weighted by Crippen LogP contribution is 2.37. The number of rotatable bonds is 3. The summed E-state index contributed by atoms with van der Waals surface area (Å²) in [6.45, 7) is 1.97. The summed E-state index contributed by atoms with van der Waals surface area (Å²) in [4.78, 5) is 43.4. The zero-order chi connectivity index (χ0) is 23.8. The van der Waals surface area contributed by atoms with Gasteiger partial charge in [-0.25, -0.2) is 9.18 Å². The monoisotopic (exact) mass is 450 g/mol. The van der Waals surface area contributed by atoms with Gasteiger partial charge in [0.15, 0.2) is 0 Å². The lowest BCUT2D eigenvalue weighted by molar-refractivity contribution is -0.151. The lowest BCUT2D eigenvalue weighted by Gasteiger charge is -2.47. The molecule has 0 aliphatic carbocycles. The van der Waals surface area contributed by atoms with Crippen LogP contribution in [0.4, 0.5) is 14.9 Å². The number of nitriles is 1. The van der Waals surface area contributed by atoms with Crippen LogP contribution in [-0.4, -0.2) is 60.0 Å². The Morgan fingerprint density at radius 1 is 1.21 bits per heavy atom. The zero-order valence-electron chi connectivity index (χ0n) is 18.4. The second-order valence-corrected chi connectivity index (χ2v) is 8.31. The number of carbonyl (C=O) groups is 3. The molecule has 0 N–H and O–H groups in total. The number of aryl methyl sites for hydroxylation is 1. The molecule has 9 heteroatoms. The summed E-state index contributed by atoms with van der Waals surface area (Å²) in [6, 6.07) is 13.2. The summed E-state index contributed by atoms with van der Waals surface area (Å²) in [5.41, 5.74) is 0.596. The van der Waals surface area contributed by atoms with Crippen molar-refractivity contribution in [2.75, 3.05) is 31.6 Å². The molecule has 0 saturated carbocycles. The molecule has 2 aliphatic rings. The molecule has 8 nitrogen and oxygen atoms in total. The third kappa shape index (κ3) is 3.89. The standard InChI is InChI=1S/C24H23FN4O4/c1-16-3-5-17(6-4-16)13-29-21(30)14-28(20-8-7-18(12-26)11-19(20)25)22(31)24(29)9-10-27(15-24)23(32)33-2/h3-8,11H,9-10,13-15H2,1-2H3/t24-/m1/s1. The van der Waals surface area contributed by atoms with Crippen LogP contribution in [0, 0.1) is 24.1 Å². The fourth-order valence-corrected chi connectivity index (χ4v) is 4.48. The Hall–Kier alpha value is -3.93. The molecule has 2 aromatic rings. The van der Waals surface area contributed by atoms with Gasteiger partial charge in [0.2, 0.25) is 5.91 Å². The van der Waals surface area contributed by atoms with Gasteiger partial charge in [-0.15, -0.1) is 0 Å². The molecule has 0 bridgehead atoms. The Morgan fingerprint density at radius 3 is 2.58 bits per heavy atom. The Labute approximate surface area is 190 Å². The highest BCUT2D eigenvalue weighted by atomic mass is 19.1. The zero-order valence-corrected chi connectivity index (χ0v) is 18.4. The van der Waals surface area contributed by atoms with Crippen LogP contribution in [0.1, 0.15) is 23.1 Å². The van der Waals surface area contributed by atoms with E-state index in [0.717, 1.165) is 22.1 Å². The molecule has 2 fully saturated rings. The number of hydrogen-bond acceptors (Lipinski definition) is 5. The minimum absolute atomic E-state index is 0.0511. The number of likely N-dealkylation sites (tertiary alicyclic amines) is 1. The number of anilines is 1. The van der Waals surface area contributed by atoms with Crippen molar-refractivity contribution in [3.63, 3.8) is 0 Å². The summed E-state index contributed by atoms with van der Waals surface area (Å²) in [6.07, 6.45) is -0.392. The van der Waals surface area contributed by atoms with Gasteiger partial charge in [0.25, 0.3) is 5.91 Å². The van der Waals surface area contributed by atoms with Crippen LogP contribution in [-0.2, 0) is 20.9 Å². The van der Waals surface area contributed by atoms with Gasteiger partial charge in [-0.1, -0.05) is 29.8 Å². The molecule has 0 aromatic heterocycles. The Kier molecular flexibility index (Phi) is 5.77. The number of hydrogen-bond donors (Lipinski definition) is 0. The van der Waals surface area contributed by atoms with Crippen LogP contribution in [0.25, 0.3) is 0 Å². The summed E-state index contributed by atoms with van der Waals surface area (Å²) in [7, 11) is 1.25. The van der Waals surface area contributed by atoms with Crippen molar-refractivity contribution in [2.24, 2.45) is 0 Å². The van der Waals surface area contributed by atoms with E-state index in [1.807, 2.05) is 37.3 Å². The molecular formula is C24H23FN4O4. The van der Waals surface area contributed by atoms with Crippen molar-refractivity contribution >= 4 is 23.6 Å². The Morgan fingerprint density at radius 2 is 1.94 bits per heavy atom. The first kappa shape index (κ1) is 22.3. The predicted molar refractivity (Wildman–Crippen MR) is 117 cm³/mol. The molecule has 4 rings (SSSR count). The van der Waals surface area contributed by atoms with Crippen molar-refractivity contribution in [3.8, 4) is 6.07 Å². The fourth-order valence-electron chi connectivity index (χ4n) is 4.48. The molecule has 33 heavy (non-hydrogen) atoms. The molecular weight excluding hydrogens is 427 g/mol. The van der Waals surface area contributed by atoms with Gasteiger partial charge in [0, 0.05) is 13.1 Å². The Balaban J connectivity index is 1.74. The number of carbonyl (C=O) groups excluding carboxylic acids is 3. The summed E-state index contributed by atoms with van der Waals surface area (Å²) in [5, 5.41) is 9.01. The number of methoxy groups -OCH3 is 1. The molecule has 0 unspecified atom stereocenters. The van der Waals surface area contributed by atoms with Crippen molar-refractivity contribution < 1.29 is 23.5 Å². The largest absolute Gasteiger partial charge is 0.453 e. The van der Waals surface area contributed by atoms with Gasteiger partial charge in [-0.2, -0.15) is 5.26 Å². The van der Waals surface area contributed by atoms with Crippen molar-refractivity contribution in [1.82, 2.24) is 9.80 Å². The molecule has 2 saturated heterocycles. The average Bonchev–Trinajstić information content (AvgIpc) is 3.26. The fraction of sp³-hybridized carbons (Fsp3) is 0.333. The number of benzene rings is 2. The second kappa shape index (κ2) is 8.54. The quantitative estimate of drug-likeness (QED) is 0.717. The SMILES string of the molecule is COC(=O)N1CC[C@@]2(C1)C(=O)N(c1ccc(C#N)cc1F)CC(=O)N2Cc1ccc(C)cc1. The van der Waals surface area contributed by atoms with E-state index in [2.05, 4.69) is 0 Å². The lowest BCUT2D eigenvalue weighted by atomic mass is 9.89. The van der Waals surface area contributed by atoms with E-state index in [-0.39, 0.29) is 49.8 Å². The highest BCUT2D eigenvalue weighted by Gasteiger charge is 2.57. The van der Waals surface area contributed by atoms with Gasteiger partial charge < -0.3 is 14.5 Å². The van der Waals surface area contributed by atoms with Crippen LogP contribution < -0.4 is 4.90 Å².